The molecule has 0 heterocycles. The van der Waals surface area contributed by atoms with Crippen molar-refractivity contribution in [2.45, 2.75) is 13.3 Å². The standard InChI is InChI=1S/C24H25N3O4S/c1-17-12-13-19(16-22(17)27-32(2,30)31)23(28)26-21-11-7-6-10-20(21)24(29)25-15-14-18-8-4-3-5-9-18/h3-13,16,27H,14-15H2,1-2H3,(H,25,29)(H,26,28). The molecule has 32 heavy (non-hydrogen) atoms. The van der Waals surface area contributed by atoms with Gasteiger partial charge in [-0.2, -0.15) is 0 Å². The van der Waals surface area contributed by atoms with Crippen molar-refractivity contribution in [2.75, 3.05) is 22.8 Å². The zero-order valence-corrected chi connectivity index (χ0v) is 18.7. The lowest BCUT2D eigenvalue weighted by Crippen LogP contribution is -2.27. The summed E-state index contributed by atoms with van der Waals surface area (Å²) in [6.07, 6.45) is 1.74. The van der Waals surface area contributed by atoms with E-state index < -0.39 is 15.9 Å². The lowest BCUT2D eigenvalue weighted by Gasteiger charge is -2.13. The second-order valence-electron chi connectivity index (χ2n) is 7.40. The van der Waals surface area contributed by atoms with Gasteiger partial charge in [0.2, 0.25) is 10.0 Å². The number of rotatable bonds is 8. The molecule has 0 aliphatic heterocycles. The summed E-state index contributed by atoms with van der Waals surface area (Å²) < 4.78 is 25.5. The Morgan fingerprint density at radius 3 is 2.25 bits per heavy atom. The van der Waals surface area contributed by atoms with E-state index in [1.165, 1.54) is 6.07 Å². The fourth-order valence-electron chi connectivity index (χ4n) is 3.12. The molecule has 8 heteroatoms. The SMILES string of the molecule is Cc1ccc(C(=O)Nc2ccccc2C(=O)NCCc2ccccc2)cc1NS(C)(=O)=O. The number of para-hydroxylation sites is 1. The van der Waals surface area contributed by atoms with Crippen LogP contribution in [0.3, 0.4) is 0 Å². The van der Waals surface area contributed by atoms with Crippen molar-refractivity contribution in [3.8, 4) is 0 Å². The third-order valence-corrected chi connectivity index (χ3v) is 5.35. The second-order valence-corrected chi connectivity index (χ2v) is 9.14. The van der Waals surface area contributed by atoms with Crippen LogP contribution in [0.25, 0.3) is 0 Å². The molecule has 3 N–H and O–H groups in total. The van der Waals surface area contributed by atoms with Gasteiger partial charge in [-0.25, -0.2) is 8.42 Å². The van der Waals surface area contributed by atoms with E-state index in [0.717, 1.165) is 11.8 Å². The Morgan fingerprint density at radius 2 is 1.53 bits per heavy atom. The molecule has 3 aromatic carbocycles. The lowest BCUT2D eigenvalue weighted by atomic mass is 10.1. The average Bonchev–Trinajstić information content (AvgIpc) is 2.75. The molecule has 166 valence electrons. The monoisotopic (exact) mass is 451 g/mol. The van der Waals surface area contributed by atoms with Crippen LogP contribution < -0.4 is 15.4 Å². The van der Waals surface area contributed by atoms with E-state index in [1.54, 1.807) is 43.3 Å². The number of benzene rings is 3. The highest BCUT2D eigenvalue weighted by Gasteiger charge is 2.15. The minimum Gasteiger partial charge on any atom is -0.352 e. The maximum Gasteiger partial charge on any atom is 0.255 e. The van der Waals surface area contributed by atoms with Gasteiger partial charge in [-0.15, -0.1) is 0 Å². The minimum absolute atomic E-state index is 0.265. The highest BCUT2D eigenvalue weighted by molar-refractivity contribution is 7.92. The Bertz CT molecular complexity index is 1230. The van der Waals surface area contributed by atoms with Gasteiger partial charge < -0.3 is 10.6 Å². The van der Waals surface area contributed by atoms with Crippen molar-refractivity contribution in [3.63, 3.8) is 0 Å². The molecule has 0 unspecified atom stereocenters. The summed E-state index contributed by atoms with van der Waals surface area (Å²) >= 11 is 0. The van der Waals surface area contributed by atoms with E-state index in [-0.39, 0.29) is 11.5 Å². The van der Waals surface area contributed by atoms with Crippen molar-refractivity contribution in [1.82, 2.24) is 5.32 Å². The molecule has 0 saturated carbocycles. The summed E-state index contributed by atoms with van der Waals surface area (Å²) in [4.78, 5) is 25.5. The molecule has 7 nitrogen and oxygen atoms in total. The largest absolute Gasteiger partial charge is 0.352 e. The van der Waals surface area contributed by atoms with Crippen molar-refractivity contribution < 1.29 is 18.0 Å². The van der Waals surface area contributed by atoms with E-state index in [4.69, 9.17) is 0 Å². The number of aryl methyl sites for hydroxylation is 1. The normalized spacial score (nSPS) is 10.9. The summed E-state index contributed by atoms with van der Waals surface area (Å²) in [7, 11) is -3.48. The zero-order chi connectivity index (χ0) is 23.1. The van der Waals surface area contributed by atoms with Gasteiger partial charge in [-0.1, -0.05) is 48.5 Å². The molecular weight excluding hydrogens is 426 g/mol. The lowest BCUT2D eigenvalue weighted by molar-refractivity contribution is 0.0955. The first-order valence-electron chi connectivity index (χ1n) is 10.0. The van der Waals surface area contributed by atoms with Crippen molar-refractivity contribution in [3.05, 3.63) is 95.1 Å². The minimum atomic E-state index is -3.48. The van der Waals surface area contributed by atoms with Crippen molar-refractivity contribution >= 4 is 33.2 Å². The molecule has 0 aliphatic carbocycles. The number of anilines is 2. The highest BCUT2D eigenvalue weighted by Crippen LogP contribution is 2.21. The first-order chi connectivity index (χ1) is 15.2. The number of hydrogen-bond donors (Lipinski definition) is 3. The van der Waals surface area contributed by atoms with Gasteiger partial charge in [0.25, 0.3) is 11.8 Å². The van der Waals surface area contributed by atoms with Crippen molar-refractivity contribution in [1.29, 1.82) is 0 Å². The number of carbonyl (C=O) groups excluding carboxylic acids is 2. The molecule has 0 aliphatic rings. The summed E-state index contributed by atoms with van der Waals surface area (Å²) in [6, 6.07) is 21.3. The molecule has 2 amide bonds. The van der Waals surface area contributed by atoms with Crippen LogP contribution in [0.5, 0.6) is 0 Å². The molecule has 0 aromatic heterocycles. The van der Waals surface area contributed by atoms with Crippen LogP contribution in [-0.2, 0) is 16.4 Å². The molecule has 0 spiro atoms. The maximum absolute atomic E-state index is 12.8. The van der Waals surface area contributed by atoms with E-state index in [1.807, 2.05) is 30.3 Å². The number of carbonyl (C=O) groups is 2. The van der Waals surface area contributed by atoms with E-state index >= 15 is 0 Å². The number of nitrogens with one attached hydrogen (secondary N) is 3. The Balaban J connectivity index is 1.71. The average molecular weight is 452 g/mol. The third kappa shape index (κ3) is 6.42. The van der Waals surface area contributed by atoms with E-state index in [0.29, 0.717) is 35.5 Å². The molecule has 3 aromatic rings. The Labute approximate surface area is 187 Å². The molecule has 3 rings (SSSR count). The van der Waals surface area contributed by atoms with E-state index in [2.05, 4.69) is 15.4 Å². The first kappa shape index (κ1) is 23.0. The Morgan fingerprint density at radius 1 is 0.844 bits per heavy atom. The van der Waals surface area contributed by atoms with E-state index in [9.17, 15) is 18.0 Å². The fraction of sp³-hybridized carbons (Fsp3) is 0.167. The quantitative estimate of drug-likeness (QED) is 0.487. The molecule has 0 atom stereocenters. The third-order valence-electron chi connectivity index (χ3n) is 4.76. The summed E-state index contributed by atoms with van der Waals surface area (Å²) in [5.74, 6) is -0.744. The summed E-state index contributed by atoms with van der Waals surface area (Å²) in [5.41, 5.74) is 3.11. The molecule has 0 fully saturated rings. The predicted molar refractivity (Wildman–Crippen MR) is 127 cm³/mol. The fourth-order valence-corrected chi connectivity index (χ4v) is 3.74. The first-order valence-corrected chi connectivity index (χ1v) is 11.9. The highest BCUT2D eigenvalue weighted by atomic mass is 32.2. The molecule has 0 bridgehead atoms. The summed E-state index contributed by atoms with van der Waals surface area (Å²) in [5, 5.41) is 5.62. The van der Waals surface area contributed by atoms with Crippen LogP contribution in [0, 0.1) is 6.92 Å². The van der Waals surface area contributed by atoms with Gasteiger partial charge >= 0.3 is 0 Å². The molecule has 0 radical (unpaired) electrons. The van der Waals surface area contributed by atoms with Crippen LogP contribution in [0.4, 0.5) is 11.4 Å². The summed E-state index contributed by atoms with van der Waals surface area (Å²) in [6.45, 7) is 2.20. The van der Waals surface area contributed by atoms with Crippen LogP contribution in [0.2, 0.25) is 0 Å². The number of sulfonamides is 1. The van der Waals surface area contributed by atoms with Gasteiger partial charge in [-0.05, 0) is 48.7 Å². The molecule has 0 saturated heterocycles. The second kappa shape index (κ2) is 10.1. The van der Waals surface area contributed by atoms with Gasteiger partial charge in [0.05, 0.1) is 23.2 Å². The van der Waals surface area contributed by atoms with Gasteiger partial charge in [0.15, 0.2) is 0 Å². The number of amides is 2. The van der Waals surface area contributed by atoms with Crippen LogP contribution in [0.1, 0.15) is 31.8 Å². The molecular formula is C24H25N3O4S. The van der Waals surface area contributed by atoms with Gasteiger partial charge in [0.1, 0.15) is 0 Å². The Hall–Kier alpha value is -3.65. The van der Waals surface area contributed by atoms with Crippen LogP contribution in [-0.4, -0.2) is 33.0 Å². The van der Waals surface area contributed by atoms with Crippen LogP contribution in [0.15, 0.2) is 72.8 Å². The predicted octanol–water partition coefficient (Wildman–Crippen LogP) is 3.59. The Kier molecular flexibility index (Phi) is 7.27. The number of hydrogen-bond acceptors (Lipinski definition) is 4. The maximum atomic E-state index is 12.8. The van der Waals surface area contributed by atoms with Gasteiger partial charge in [-0.3, -0.25) is 14.3 Å². The van der Waals surface area contributed by atoms with Crippen molar-refractivity contribution in [2.24, 2.45) is 0 Å². The zero-order valence-electron chi connectivity index (χ0n) is 17.9. The topological polar surface area (TPSA) is 104 Å². The van der Waals surface area contributed by atoms with Crippen LogP contribution >= 0.6 is 0 Å². The van der Waals surface area contributed by atoms with Gasteiger partial charge in [0, 0.05) is 12.1 Å². The smallest absolute Gasteiger partial charge is 0.255 e.